The molecule has 2 aromatic heterocycles. The highest BCUT2D eigenvalue weighted by atomic mass is 32.1. The Kier molecular flexibility index (Phi) is 3.85. The van der Waals surface area contributed by atoms with Crippen LogP contribution in [0.15, 0.2) is 46.6 Å². The molecule has 0 saturated heterocycles. The number of phenols is 1. The van der Waals surface area contributed by atoms with Crippen molar-refractivity contribution < 1.29 is 5.11 Å². The van der Waals surface area contributed by atoms with Crippen molar-refractivity contribution in [3.63, 3.8) is 0 Å². The molecule has 0 atom stereocenters. The van der Waals surface area contributed by atoms with E-state index in [0.717, 1.165) is 40.3 Å². The van der Waals surface area contributed by atoms with Gasteiger partial charge in [0.25, 0.3) is 5.56 Å². The third-order valence-corrected chi connectivity index (χ3v) is 5.74. The van der Waals surface area contributed by atoms with Crippen LogP contribution in [0.5, 0.6) is 5.75 Å². The molecule has 0 aliphatic rings. The number of benzene rings is 2. The molecule has 126 valence electrons. The molecule has 0 unspecified atom stereocenters. The number of hydrogen-bond acceptors (Lipinski definition) is 3. The number of fused-ring (bicyclic) bond motifs is 3. The van der Waals surface area contributed by atoms with E-state index in [-0.39, 0.29) is 11.3 Å². The Morgan fingerprint density at radius 1 is 1.04 bits per heavy atom. The Morgan fingerprint density at radius 3 is 2.60 bits per heavy atom. The molecule has 0 saturated carbocycles. The van der Waals surface area contributed by atoms with Crippen molar-refractivity contribution in [2.75, 3.05) is 0 Å². The number of phenolic OH excluding ortho intramolecular Hbond substituents is 1. The minimum absolute atomic E-state index is 0.0790. The molecule has 4 heteroatoms. The van der Waals surface area contributed by atoms with E-state index in [2.05, 4.69) is 37.0 Å². The fraction of sp³-hybridized carbons (Fsp3) is 0.190. The topological polar surface area (TPSA) is 53.1 Å². The van der Waals surface area contributed by atoms with E-state index < -0.39 is 0 Å². The summed E-state index contributed by atoms with van der Waals surface area (Å²) in [6.45, 7) is 4.30. The lowest BCUT2D eigenvalue weighted by atomic mass is 9.93. The van der Waals surface area contributed by atoms with Gasteiger partial charge in [-0.1, -0.05) is 32.0 Å². The molecule has 4 aromatic rings. The van der Waals surface area contributed by atoms with Crippen LogP contribution in [-0.2, 0) is 12.8 Å². The van der Waals surface area contributed by atoms with Crippen molar-refractivity contribution in [3.05, 3.63) is 63.3 Å². The van der Waals surface area contributed by atoms with Crippen molar-refractivity contribution in [2.24, 2.45) is 0 Å². The maximum Gasteiger partial charge on any atom is 0.266 e. The molecular weight excluding hydrogens is 330 g/mol. The summed E-state index contributed by atoms with van der Waals surface area (Å²) in [4.78, 5) is 15.2. The van der Waals surface area contributed by atoms with Crippen molar-refractivity contribution in [1.82, 2.24) is 4.98 Å². The van der Waals surface area contributed by atoms with E-state index in [1.165, 1.54) is 22.5 Å². The van der Waals surface area contributed by atoms with Crippen molar-refractivity contribution >= 4 is 32.3 Å². The summed E-state index contributed by atoms with van der Waals surface area (Å²) in [7, 11) is 0. The zero-order valence-corrected chi connectivity index (χ0v) is 15.0. The lowest BCUT2D eigenvalue weighted by molar-refractivity contribution is 0.478. The van der Waals surface area contributed by atoms with Gasteiger partial charge < -0.3 is 10.1 Å². The molecule has 4 rings (SSSR count). The van der Waals surface area contributed by atoms with Crippen LogP contribution in [0.4, 0.5) is 0 Å². The molecule has 25 heavy (non-hydrogen) atoms. The minimum Gasteiger partial charge on any atom is -0.507 e. The normalized spacial score (nSPS) is 11.4. The van der Waals surface area contributed by atoms with Gasteiger partial charge in [0.05, 0.1) is 0 Å². The zero-order chi connectivity index (χ0) is 17.6. The van der Waals surface area contributed by atoms with E-state index in [4.69, 9.17) is 0 Å². The van der Waals surface area contributed by atoms with Gasteiger partial charge in [0.2, 0.25) is 0 Å². The minimum atomic E-state index is -0.0790. The van der Waals surface area contributed by atoms with Crippen LogP contribution in [0.25, 0.3) is 32.1 Å². The highest BCUT2D eigenvalue weighted by Crippen LogP contribution is 2.40. The molecule has 2 heterocycles. The van der Waals surface area contributed by atoms with Crippen LogP contribution in [0.2, 0.25) is 0 Å². The summed E-state index contributed by atoms with van der Waals surface area (Å²) in [6.07, 6.45) is 1.94. The van der Waals surface area contributed by atoms with Gasteiger partial charge in [-0.3, -0.25) is 4.79 Å². The second kappa shape index (κ2) is 6.05. The van der Waals surface area contributed by atoms with Crippen LogP contribution >= 0.6 is 11.3 Å². The quantitative estimate of drug-likeness (QED) is 0.531. The largest absolute Gasteiger partial charge is 0.507 e. The van der Waals surface area contributed by atoms with Crippen LogP contribution in [0.1, 0.15) is 25.0 Å². The Hall–Kier alpha value is -2.59. The maximum atomic E-state index is 12.3. The smallest absolute Gasteiger partial charge is 0.266 e. The number of aryl methyl sites for hydroxylation is 2. The summed E-state index contributed by atoms with van der Waals surface area (Å²) in [5, 5.41) is 14.4. The summed E-state index contributed by atoms with van der Waals surface area (Å²) in [5.74, 6) is 0.235. The highest BCUT2D eigenvalue weighted by molar-refractivity contribution is 7.17. The van der Waals surface area contributed by atoms with Crippen LogP contribution < -0.4 is 5.56 Å². The van der Waals surface area contributed by atoms with E-state index >= 15 is 0 Å². The fourth-order valence-corrected chi connectivity index (χ4v) is 4.38. The summed E-state index contributed by atoms with van der Waals surface area (Å²) in [6, 6.07) is 11.8. The second-order valence-corrected chi connectivity index (χ2v) is 7.11. The summed E-state index contributed by atoms with van der Waals surface area (Å²) < 4.78 is 0.695. The molecule has 0 bridgehead atoms. The summed E-state index contributed by atoms with van der Waals surface area (Å²) in [5.41, 5.74) is 5.07. The standard InChI is InChI=1S/C21H19NO2S/c1-3-12-5-6-14(11-13(12)4-2)18-17(23)8-7-16-19(18)15-9-10-25-20(15)21(24)22-16/h5-11,23H,3-4H2,1-2H3,(H,22,24). The molecule has 0 fully saturated rings. The van der Waals surface area contributed by atoms with Crippen LogP contribution in [0, 0.1) is 0 Å². The number of pyridine rings is 1. The zero-order valence-electron chi connectivity index (χ0n) is 14.2. The van der Waals surface area contributed by atoms with Crippen LogP contribution in [0.3, 0.4) is 0 Å². The van der Waals surface area contributed by atoms with E-state index in [9.17, 15) is 9.90 Å². The first kappa shape index (κ1) is 15.9. The molecule has 2 N–H and O–H groups in total. The molecule has 0 aliphatic carbocycles. The molecule has 0 amide bonds. The molecule has 0 spiro atoms. The first-order chi connectivity index (χ1) is 12.1. The van der Waals surface area contributed by atoms with E-state index in [1.54, 1.807) is 12.1 Å². The van der Waals surface area contributed by atoms with Gasteiger partial charge in [-0.25, -0.2) is 0 Å². The number of aromatic hydroxyl groups is 1. The molecule has 0 aliphatic heterocycles. The van der Waals surface area contributed by atoms with Gasteiger partial charge in [0.15, 0.2) is 0 Å². The van der Waals surface area contributed by atoms with Gasteiger partial charge in [-0.2, -0.15) is 0 Å². The van der Waals surface area contributed by atoms with Gasteiger partial charge in [0, 0.05) is 21.9 Å². The average molecular weight is 349 g/mol. The van der Waals surface area contributed by atoms with Crippen molar-refractivity contribution in [2.45, 2.75) is 26.7 Å². The maximum absolute atomic E-state index is 12.3. The number of nitrogens with one attached hydrogen (secondary N) is 1. The molecular formula is C21H19NO2S. The number of hydrogen-bond donors (Lipinski definition) is 2. The number of H-pyrrole nitrogens is 1. The molecule has 3 nitrogen and oxygen atoms in total. The fourth-order valence-electron chi connectivity index (χ4n) is 3.58. The summed E-state index contributed by atoms with van der Waals surface area (Å²) >= 11 is 1.43. The Bertz CT molecular complexity index is 1150. The van der Waals surface area contributed by atoms with Crippen molar-refractivity contribution in [3.8, 4) is 16.9 Å². The van der Waals surface area contributed by atoms with Gasteiger partial charge in [-0.05, 0) is 53.1 Å². The highest BCUT2D eigenvalue weighted by Gasteiger charge is 2.16. The first-order valence-corrected chi connectivity index (χ1v) is 9.39. The average Bonchev–Trinajstić information content (AvgIpc) is 3.12. The monoisotopic (exact) mass is 349 g/mol. The Balaban J connectivity index is 2.13. The van der Waals surface area contributed by atoms with Gasteiger partial charge in [-0.15, -0.1) is 11.3 Å². The second-order valence-electron chi connectivity index (χ2n) is 6.19. The Morgan fingerprint density at radius 2 is 1.84 bits per heavy atom. The Labute approximate surface area is 149 Å². The SMILES string of the molecule is CCc1ccc(-c2c(O)ccc3[nH]c(=O)c4sccc4c23)cc1CC. The molecule has 2 aromatic carbocycles. The number of aromatic amines is 1. The lowest BCUT2D eigenvalue weighted by Crippen LogP contribution is -2.04. The first-order valence-electron chi connectivity index (χ1n) is 8.51. The van der Waals surface area contributed by atoms with E-state index in [1.807, 2.05) is 11.4 Å². The number of thiophene rings is 1. The predicted molar refractivity (Wildman–Crippen MR) is 106 cm³/mol. The van der Waals surface area contributed by atoms with Gasteiger partial charge in [0.1, 0.15) is 10.4 Å². The van der Waals surface area contributed by atoms with Crippen molar-refractivity contribution in [1.29, 1.82) is 0 Å². The lowest BCUT2D eigenvalue weighted by Gasteiger charge is -2.13. The third-order valence-electron chi connectivity index (χ3n) is 4.83. The predicted octanol–water partition coefficient (Wildman–Crippen LogP) is 5.24. The third kappa shape index (κ3) is 2.45. The van der Waals surface area contributed by atoms with Crippen LogP contribution in [-0.4, -0.2) is 10.1 Å². The molecule has 0 radical (unpaired) electrons. The van der Waals surface area contributed by atoms with Gasteiger partial charge >= 0.3 is 0 Å². The number of aromatic nitrogens is 1. The number of rotatable bonds is 3. The van der Waals surface area contributed by atoms with E-state index in [0.29, 0.717) is 4.70 Å².